The van der Waals surface area contributed by atoms with Gasteiger partial charge in [-0.25, -0.2) is 0 Å². The molecule has 2 bridgehead atoms. The van der Waals surface area contributed by atoms with Gasteiger partial charge in [0.15, 0.2) is 0 Å². The lowest BCUT2D eigenvalue weighted by atomic mass is 9.76. The lowest BCUT2D eigenvalue weighted by Gasteiger charge is -2.39. The Hall–Kier alpha value is -2.01. The third-order valence-corrected chi connectivity index (χ3v) is 4.97. The number of hydrogen-bond acceptors (Lipinski definition) is 5. The molecule has 0 unspecified atom stereocenters. The Morgan fingerprint density at radius 2 is 1.82 bits per heavy atom. The van der Waals surface area contributed by atoms with Crippen LogP contribution in [0.25, 0.3) is 0 Å². The second kappa shape index (κ2) is 5.32. The van der Waals surface area contributed by atoms with Crippen LogP contribution in [0.4, 0.5) is 0 Å². The van der Waals surface area contributed by atoms with E-state index in [-0.39, 0.29) is 11.7 Å². The van der Waals surface area contributed by atoms with E-state index in [0.717, 1.165) is 11.1 Å². The first-order valence-electron chi connectivity index (χ1n) is 7.40. The van der Waals surface area contributed by atoms with Crippen LogP contribution in [0, 0.1) is 12.8 Å². The minimum atomic E-state index is -0.704. The van der Waals surface area contributed by atoms with Gasteiger partial charge < -0.3 is 4.74 Å². The third kappa shape index (κ3) is 2.08. The van der Waals surface area contributed by atoms with Gasteiger partial charge in [0.2, 0.25) is 11.6 Å². The monoisotopic (exact) mass is 301 g/mol. The Bertz CT molecular complexity index is 637. The second-order valence-electron chi connectivity index (χ2n) is 6.16. The molecular weight excluding hydrogens is 282 g/mol. The van der Waals surface area contributed by atoms with E-state index >= 15 is 0 Å². The number of methoxy groups -OCH3 is 1. The van der Waals surface area contributed by atoms with Crippen LogP contribution in [-0.2, 0) is 19.1 Å². The van der Waals surface area contributed by atoms with Gasteiger partial charge in [-0.05, 0) is 26.0 Å². The van der Waals surface area contributed by atoms with E-state index in [1.165, 1.54) is 7.11 Å². The van der Waals surface area contributed by atoms with Gasteiger partial charge in [-0.15, -0.1) is 0 Å². The zero-order valence-corrected chi connectivity index (χ0v) is 12.9. The molecule has 0 N–H and O–H groups in total. The fraction of sp³-hybridized carbons (Fsp3) is 0.471. The number of nitrogens with zero attached hydrogens (tertiary/aromatic N) is 1. The van der Waals surface area contributed by atoms with Gasteiger partial charge in [-0.1, -0.05) is 29.8 Å². The van der Waals surface area contributed by atoms with Crippen molar-refractivity contribution in [3.8, 4) is 0 Å². The van der Waals surface area contributed by atoms with Crippen LogP contribution < -0.4 is 0 Å². The summed E-state index contributed by atoms with van der Waals surface area (Å²) in [6.45, 7) is 1.99. The van der Waals surface area contributed by atoms with Crippen molar-refractivity contribution in [2.24, 2.45) is 5.92 Å². The lowest BCUT2D eigenvalue weighted by molar-refractivity contribution is -0.152. The van der Waals surface area contributed by atoms with Crippen molar-refractivity contribution in [1.29, 1.82) is 0 Å². The van der Waals surface area contributed by atoms with Gasteiger partial charge in [0, 0.05) is 5.92 Å². The molecule has 1 aromatic rings. The molecule has 5 nitrogen and oxygen atoms in total. The van der Waals surface area contributed by atoms with E-state index in [4.69, 9.17) is 4.74 Å². The summed E-state index contributed by atoms with van der Waals surface area (Å²) in [6.07, 6.45) is 0.473. The first-order valence-corrected chi connectivity index (χ1v) is 7.40. The number of hydrogen-bond donors (Lipinski definition) is 0. The molecule has 2 fully saturated rings. The van der Waals surface area contributed by atoms with E-state index in [0.29, 0.717) is 6.42 Å². The van der Waals surface area contributed by atoms with Crippen molar-refractivity contribution >= 4 is 17.5 Å². The molecular formula is C17H19NO4. The number of fused-ring (bicyclic) bond motifs is 2. The maximum absolute atomic E-state index is 12.3. The molecule has 22 heavy (non-hydrogen) atoms. The van der Waals surface area contributed by atoms with E-state index in [1.807, 2.05) is 31.2 Å². The summed E-state index contributed by atoms with van der Waals surface area (Å²) in [5.74, 6) is -2.07. The number of carbonyl (C=O) groups excluding carboxylic acids is 3. The van der Waals surface area contributed by atoms with Crippen molar-refractivity contribution < 1.29 is 19.1 Å². The van der Waals surface area contributed by atoms with E-state index in [9.17, 15) is 14.4 Å². The molecule has 1 aromatic carbocycles. The Morgan fingerprint density at radius 3 is 2.41 bits per heavy atom. The largest absolute Gasteiger partial charge is 0.469 e. The van der Waals surface area contributed by atoms with Gasteiger partial charge in [0.1, 0.15) is 0 Å². The quantitative estimate of drug-likeness (QED) is 0.604. The highest BCUT2D eigenvalue weighted by Gasteiger charge is 2.58. The number of ether oxygens (including phenoxy) is 1. The highest BCUT2D eigenvalue weighted by atomic mass is 16.5. The summed E-state index contributed by atoms with van der Waals surface area (Å²) >= 11 is 0. The van der Waals surface area contributed by atoms with Crippen LogP contribution >= 0.6 is 0 Å². The van der Waals surface area contributed by atoms with Crippen LogP contribution in [0.1, 0.15) is 23.5 Å². The standard InChI is InChI=1S/C17H19NO4/c1-9-4-6-10(7-5-9)11-8-12-15(19)16(20)14(18(12)2)13(11)17(21)22-3/h4-7,11-14H,8H2,1-3H3/t11-,12-,13+,14+/m1/s1. The average Bonchev–Trinajstić information content (AvgIpc) is 2.66. The molecule has 0 radical (unpaired) electrons. The normalized spacial score (nSPS) is 31.4. The summed E-state index contributed by atoms with van der Waals surface area (Å²) in [5.41, 5.74) is 2.10. The van der Waals surface area contributed by atoms with Crippen LogP contribution in [0.3, 0.4) is 0 Å². The Kier molecular flexibility index (Phi) is 3.60. The molecule has 2 aliphatic rings. The average molecular weight is 301 g/mol. The first kappa shape index (κ1) is 14.9. The maximum Gasteiger partial charge on any atom is 0.311 e. The Balaban J connectivity index is 2.05. The minimum absolute atomic E-state index is 0.172. The zero-order valence-electron chi connectivity index (χ0n) is 12.9. The Labute approximate surface area is 129 Å². The van der Waals surface area contributed by atoms with Crippen LogP contribution in [0.15, 0.2) is 24.3 Å². The van der Waals surface area contributed by atoms with Gasteiger partial charge in [-0.3, -0.25) is 19.3 Å². The SMILES string of the molecule is COC(=O)[C@H]1[C@@H](c2ccc(C)cc2)C[C@@H]2C(=O)C(=O)[C@H]1N2C. The molecule has 5 heteroatoms. The molecule has 2 aliphatic heterocycles. The fourth-order valence-corrected chi connectivity index (χ4v) is 3.76. The summed E-state index contributed by atoms with van der Waals surface area (Å²) in [6, 6.07) is 6.77. The number of esters is 1. The summed E-state index contributed by atoms with van der Waals surface area (Å²) in [4.78, 5) is 38.4. The first-order chi connectivity index (χ1) is 10.5. The van der Waals surface area contributed by atoms with Gasteiger partial charge >= 0.3 is 5.97 Å². The van der Waals surface area contributed by atoms with Gasteiger partial charge in [0.25, 0.3) is 0 Å². The number of piperidine rings is 1. The third-order valence-electron chi connectivity index (χ3n) is 4.97. The predicted octanol–water partition coefficient (Wildman–Crippen LogP) is 1.09. The molecule has 0 saturated carbocycles. The number of aryl methyl sites for hydroxylation is 1. The lowest BCUT2D eigenvalue weighted by Crippen LogP contribution is -2.50. The second-order valence-corrected chi connectivity index (χ2v) is 6.16. The molecule has 4 atom stereocenters. The topological polar surface area (TPSA) is 63.7 Å². The summed E-state index contributed by atoms with van der Waals surface area (Å²) in [5, 5.41) is 0. The molecule has 0 amide bonds. The van der Waals surface area contributed by atoms with Gasteiger partial charge in [0.05, 0.1) is 25.1 Å². The van der Waals surface area contributed by atoms with Gasteiger partial charge in [-0.2, -0.15) is 0 Å². The summed E-state index contributed by atoms with van der Waals surface area (Å²) < 4.78 is 4.92. The number of benzene rings is 1. The molecule has 2 heterocycles. The molecule has 0 aromatic heterocycles. The summed E-state index contributed by atoms with van der Waals surface area (Å²) in [7, 11) is 3.06. The predicted molar refractivity (Wildman–Crippen MR) is 79.4 cm³/mol. The minimum Gasteiger partial charge on any atom is -0.469 e. The number of likely N-dealkylation sites (N-methyl/N-ethyl adjacent to an activating group) is 1. The number of Topliss-reactive ketones (excluding diaryl/α,β-unsaturated/α-hetero) is 2. The smallest absolute Gasteiger partial charge is 0.311 e. The van der Waals surface area contributed by atoms with Crippen molar-refractivity contribution in [3.63, 3.8) is 0 Å². The molecule has 0 aliphatic carbocycles. The molecule has 3 rings (SSSR count). The van der Waals surface area contributed by atoms with Crippen LogP contribution in [0.2, 0.25) is 0 Å². The van der Waals surface area contributed by atoms with Crippen molar-refractivity contribution in [2.75, 3.05) is 14.2 Å². The van der Waals surface area contributed by atoms with Crippen molar-refractivity contribution in [2.45, 2.75) is 31.3 Å². The number of carbonyl (C=O) groups is 3. The van der Waals surface area contributed by atoms with E-state index in [1.54, 1.807) is 11.9 Å². The number of ketones is 2. The molecule has 0 spiro atoms. The van der Waals surface area contributed by atoms with E-state index < -0.39 is 29.8 Å². The maximum atomic E-state index is 12.3. The number of rotatable bonds is 2. The van der Waals surface area contributed by atoms with Crippen LogP contribution in [-0.4, -0.2) is 48.7 Å². The van der Waals surface area contributed by atoms with Crippen molar-refractivity contribution in [3.05, 3.63) is 35.4 Å². The molecule has 116 valence electrons. The zero-order chi connectivity index (χ0) is 16.0. The van der Waals surface area contributed by atoms with Crippen molar-refractivity contribution in [1.82, 2.24) is 4.90 Å². The highest BCUT2D eigenvalue weighted by molar-refractivity contribution is 6.43. The highest BCUT2D eigenvalue weighted by Crippen LogP contribution is 2.44. The van der Waals surface area contributed by atoms with Crippen LogP contribution in [0.5, 0.6) is 0 Å². The fourth-order valence-electron chi connectivity index (χ4n) is 3.76. The van der Waals surface area contributed by atoms with E-state index in [2.05, 4.69) is 0 Å². The molecule has 2 saturated heterocycles. The Morgan fingerprint density at radius 1 is 1.18 bits per heavy atom.